The Morgan fingerprint density at radius 1 is 1.38 bits per heavy atom. The smallest absolute Gasteiger partial charge is 0.244 e. The first-order valence-corrected chi connectivity index (χ1v) is 8.32. The number of carbonyl (C=O) groups excluding carboxylic acids is 1. The third-order valence-corrected chi connectivity index (χ3v) is 4.01. The minimum atomic E-state index is -0.296. The van der Waals surface area contributed by atoms with E-state index in [9.17, 15) is 9.18 Å². The average molecular weight is 350 g/mol. The first-order chi connectivity index (χ1) is 11.5. The molecule has 0 aliphatic carbocycles. The molecule has 0 atom stereocenters. The van der Waals surface area contributed by atoms with Crippen LogP contribution in [0.4, 0.5) is 4.39 Å². The number of carbonyl (C=O) groups is 1. The van der Waals surface area contributed by atoms with Crippen molar-refractivity contribution in [3.63, 3.8) is 0 Å². The molecule has 0 bridgehead atoms. The maximum absolute atomic E-state index is 12.8. The van der Waals surface area contributed by atoms with E-state index in [-0.39, 0.29) is 11.7 Å². The second-order valence-electron chi connectivity index (χ2n) is 5.54. The van der Waals surface area contributed by atoms with Crippen molar-refractivity contribution in [1.29, 1.82) is 0 Å². The summed E-state index contributed by atoms with van der Waals surface area (Å²) in [6.45, 7) is 5.08. The Hall–Kier alpha value is -2.14. The maximum atomic E-state index is 12.8. The Morgan fingerprint density at radius 2 is 2.08 bits per heavy atom. The molecule has 1 amide bonds. The second-order valence-corrected chi connectivity index (χ2v) is 5.90. The van der Waals surface area contributed by atoms with Crippen molar-refractivity contribution in [2.24, 2.45) is 0 Å². The predicted octanol–water partition coefficient (Wildman–Crippen LogP) is 4.11. The van der Waals surface area contributed by atoms with Gasteiger partial charge in [0.05, 0.1) is 5.69 Å². The molecule has 1 aromatic heterocycles. The molecule has 1 heterocycles. The summed E-state index contributed by atoms with van der Waals surface area (Å²) in [6, 6.07) is 6.01. The number of nitrogens with zero attached hydrogens (tertiary/aromatic N) is 2. The zero-order valence-electron chi connectivity index (χ0n) is 13.9. The van der Waals surface area contributed by atoms with Gasteiger partial charge in [0.15, 0.2) is 0 Å². The Kier molecular flexibility index (Phi) is 6.55. The van der Waals surface area contributed by atoms with Gasteiger partial charge in [-0.15, -0.1) is 0 Å². The standard InChI is InChI=1S/C18H21ClFN3O/c1-3-4-11-23-18(19)16(13(2)22-23)9-10-17(24)21-12-14-5-7-15(20)8-6-14/h5-10H,3-4,11-12H2,1-2H3,(H,21,24)/b10-9+. The van der Waals surface area contributed by atoms with Crippen LogP contribution in [0.5, 0.6) is 0 Å². The van der Waals surface area contributed by atoms with Gasteiger partial charge < -0.3 is 5.32 Å². The third-order valence-electron chi connectivity index (χ3n) is 3.61. The molecule has 0 spiro atoms. The van der Waals surface area contributed by atoms with Crippen molar-refractivity contribution in [3.8, 4) is 0 Å². The van der Waals surface area contributed by atoms with Crippen LogP contribution >= 0.6 is 11.6 Å². The first-order valence-electron chi connectivity index (χ1n) is 7.94. The Labute approximate surface area is 146 Å². The molecule has 4 nitrogen and oxygen atoms in total. The summed E-state index contributed by atoms with van der Waals surface area (Å²) in [4.78, 5) is 11.9. The van der Waals surface area contributed by atoms with Crippen LogP contribution in [0.3, 0.4) is 0 Å². The van der Waals surface area contributed by atoms with Gasteiger partial charge in [-0.25, -0.2) is 4.39 Å². The molecule has 2 aromatic rings. The summed E-state index contributed by atoms with van der Waals surface area (Å²) in [5.41, 5.74) is 2.38. The Balaban J connectivity index is 1.96. The van der Waals surface area contributed by atoms with Crippen LogP contribution in [0.1, 0.15) is 36.6 Å². The number of nitrogens with one attached hydrogen (secondary N) is 1. The first kappa shape index (κ1) is 18.2. The highest BCUT2D eigenvalue weighted by Crippen LogP contribution is 2.21. The molecule has 24 heavy (non-hydrogen) atoms. The van der Waals surface area contributed by atoms with Crippen molar-refractivity contribution in [2.75, 3.05) is 0 Å². The zero-order valence-corrected chi connectivity index (χ0v) is 14.6. The second kappa shape index (κ2) is 8.64. The van der Waals surface area contributed by atoms with Crippen molar-refractivity contribution >= 4 is 23.6 Å². The fraction of sp³-hybridized carbons (Fsp3) is 0.333. The number of hydrogen-bond donors (Lipinski definition) is 1. The molecular weight excluding hydrogens is 329 g/mol. The van der Waals surface area contributed by atoms with E-state index < -0.39 is 0 Å². The molecule has 0 aliphatic heterocycles. The molecule has 0 fully saturated rings. The van der Waals surface area contributed by atoms with Crippen molar-refractivity contribution < 1.29 is 9.18 Å². The van der Waals surface area contributed by atoms with Crippen molar-refractivity contribution in [2.45, 2.75) is 39.8 Å². The number of halogens is 2. The quantitative estimate of drug-likeness (QED) is 0.764. The summed E-state index contributed by atoms with van der Waals surface area (Å²) < 4.78 is 14.6. The molecular formula is C18H21ClFN3O. The van der Waals surface area contributed by atoms with Gasteiger partial charge in [0, 0.05) is 24.7 Å². The van der Waals surface area contributed by atoms with Gasteiger partial charge in [-0.3, -0.25) is 9.48 Å². The van der Waals surface area contributed by atoms with Gasteiger partial charge in [0.2, 0.25) is 5.91 Å². The predicted molar refractivity (Wildman–Crippen MR) is 94.2 cm³/mol. The minimum absolute atomic E-state index is 0.240. The molecule has 0 unspecified atom stereocenters. The van der Waals surface area contributed by atoms with Crippen LogP contribution in [0.15, 0.2) is 30.3 Å². The van der Waals surface area contributed by atoms with E-state index in [2.05, 4.69) is 17.3 Å². The van der Waals surface area contributed by atoms with Gasteiger partial charge in [-0.2, -0.15) is 5.10 Å². The van der Waals surface area contributed by atoms with Crippen LogP contribution in [-0.4, -0.2) is 15.7 Å². The molecule has 0 saturated heterocycles. The molecule has 2 rings (SSSR count). The number of hydrogen-bond acceptors (Lipinski definition) is 2. The van der Waals surface area contributed by atoms with E-state index >= 15 is 0 Å². The molecule has 0 radical (unpaired) electrons. The number of amides is 1. The minimum Gasteiger partial charge on any atom is -0.348 e. The molecule has 128 valence electrons. The zero-order chi connectivity index (χ0) is 17.5. The summed E-state index contributed by atoms with van der Waals surface area (Å²) >= 11 is 6.32. The monoisotopic (exact) mass is 349 g/mol. The highest BCUT2D eigenvalue weighted by atomic mass is 35.5. The van der Waals surface area contributed by atoms with E-state index in [1.165, 1.54) is 18.2 Å². The molecule has 0 aliphatic rings. The fourth-order valence-electron chi connectivity index (χ4n) is 2.22. The van der Waals surface area contributed by atoms with Crippen LogP contribution in [0.2, 0.25) is 5.15 Å². The van der Waals surface area contributed by atoms with E-state index in [0.717, 1.165) is 36.2 Å². The van der Waals surface area contributed by atoms with Crippen molar-refractivity contribution in [3.05, 3.63) is 58.1 Å². The number of benzene rings is 1. The van der Waals surface area contributed by atoms with Gasteiger partial charge in [-0.1, -0.05) is 37.1 Å². The topological polar surface area (TPSA) is 46.9 Å². The van der Waals surface area contributed by atoms with Crippen LogP contribution in [-0.2, 0) is 17.9 Å². The number of unbranched alkanes of at least 4 members (excludes halogenated alkanes) is 1. The lowest BCUT2D eigenvalue weighted by atomic mass is 10.2. The van der Waals surface area contributed by atoms with Gasteiger partial charge in [0.1, 0.15) is 11.0 Å². The summed E-state index contributed by atoms with van der Waals surface area (Å²) in [6.07, 6.45) is 5.17. The normalized spacial score (nSPS) is 11.2. The highest BCUT2D eigenvalue weighted by molar-refractivity contribution is 6.31. The lowest BCUT2D eigenvalue weighted by Crippen LogP contribution is -2.20. The van der Waals surface area contributed by atoms with E-state index in [1.54, 1.807) is 22.9 Å². The fourth-order valence-corrected chi connectivity index (χ4v) is 2.54. The van der Waals surface area contributed by atoms with Gasteiger partial charge in [-0.05, 0) is 37.1 Å². The summed E-state index contributed by atoms with van der Waals surface area (Å²) in [5.74, 6) is -0.536. The number of rotatable bonds is 7. The maximum Gasteiger partial charge on any atom is 0.244 e. The Bertz CT molecular complexity index is 723. The summed E-state index contributed by atoms with van der Waals surface area (Å²) in [5, 5.41) is 7.69. The number of aromatic nitrogens is 2. The molecule has 1 N–H and O–H groups in total. The summed E-state index contributed by atoms with van der Waals surface area (Å²) in [7, 11) is 0. The Morgan fingerprint density at radius 3 is 2.75 bits per heavy atom. The SMILES string of the molecule is CCCCn1nc(C)c(/C=C/C(=O)NCc2ccc(F)cc2)c1Cl. The number of aryl methyl sites for hydroxylation is 2. The third kappa shape index (κ3) is 4.93. The molecule has 1 aromatic carbocycles. The highest BCUT2D eigenvalue weighted by Gasteiger charge is 2.10. The van der Waals surface area contributed by atoms with E-state index in [4.69, 9.17) is 11.6 Å². The average Bonchev–Trinajstić information content (AvgIpc) is 2.84. The molecule has 6 heteroatoms. The van der Waals surface area contributed by atoms with Gasteiger partial charge >= 0.3 is 0 Å². The van der Waals surface area contributed by atoms with E-state index in [1.807, 2.05) is 6.92 Å². The van der Waals surface area contributed by atoms with Crippen LogP contribution in [0.25, 0.3) is 6.08 Å². The van der Waals surface area contributed by atoms with E-state index in [0.29, 0.717) is 11.7 Å². The molecule has 0 saturated carbocycles. The van der Waals surface area contributed by atoms with Gasteiger partial charge in [0.25, 0.3) is 0 Å². The van der Waals surface area contributed by atoms with Crippen LogP contribution in [0, 0.1) is 12.7 Å². The lowest BCUT2D eigenvalue weighted by molar-refractivity contribution is -0.116. The van der Waals surface area contributed by atoms with Crippen molar-refractivity contribution in [1.82, 2.24) is 15.1 Å². The lowest BCUT2D eigenvalue weighted by Gasteiger charge is -2.02. The largest absolute Gasteiger partial charge is 0.348 e. The van der Waals surface area contributed by atoms with Crippen LogP contribution < -0.4 is 5.32 Å².